The third-order valence-electron chi connectivity index (χ3n) is 10.2. The fourth-order valence-corrected chi connectivity index (χ4v) is 6.30. The highest BCUT2D eigenvalue weighted by Gasteiger charge is 2.24. The number of nitrogens with two attached hydrogens (primary N) is 1. The van der Waals surface area contributed by atoms with Crippen molar-refractivity contribution in [3.8, 4) is 0 Å². The van der Waals surface area contributed by atoms with Crippen LogP contribution in [0.4, 0.5) is 0 Å². The molecule has 0 bridgehead atoms. The van der Waals surface area contributed by atoms with Crippen molar-refractivity contribution in [3.63, 3.8) is 0 Å². The number of carboxylic acids is 4. The number of ether oxygens (including phenoxy) is 4. The zero-order valence-electron chi connectivity index (χ0n) is 41.0. The Morgan fingerprint density at radius 2 is 0.843 bits per heavy atom. The van der Waals surface area contributed by atoms with Crippen molar-refractivity contribution in [2.75, 3.05) is 65.9 Å². The van der Waals surface area contributed by atoms with Crippen LogP contribution in [0.15, 0.2) is 0 Å². The Morgan fingerprint density at radius 1 is 0.457 bits per heavy atom. The van der Waals surface area contributed by atoms with E-state index in [9.17, 15) is 53.1 Å². The van der Waals surface area contributed by atoms with Gasteiger partial charge in [-0.2, -0.15) is 0 Å². The molecule has 0 heterocycles. The van der Waals surface area contributed by atoms with Crippen molar-refractivity contribution < 1.29 is 87.3 Å². The van der Waals surface area contributed by atoms with E-state index in [2.05, 4.69) is 33.5 Å². The molecule has 0 spiro atoms. The number of unbranched alkanes of at least 4 members (excludes halogenated alkanes) is 14. The van der Waals surface area contributed by atoms with Crippen LogP contribution in [0.1, 0.15) is 148 Å². The van der Waals surface area contributed by atoms with Gasteiger partial charge < -0.3 is 71.7 Å². The first-order chi connectivity index (χ1) is 33.5. The van der Waals surface area contributed by atoms with E-state index < -0.39 is 84.6 Å². The van der Waals surface area contributed by atoms with Crippen LogP contribution in [-0.4, -0.2) is 164 Å². The number of carbonyl (C=O) groups excluding carboxylic acids is 6. The van der Waals surface area contributed by atoms with Crippen molar-refractivity contribution >= 4 is 59.8 Å². The minimum atomic E-state index is -1.45. The lowest BCUT2D eigenvalue weighted by atomic mass is 10.0. The largest absolute Gasteiger partial charge is 0.481 e. The lowest BCUT2D eigenvalue weighted by Crippen LogP contribution is -2.45. The monoisotopic (exact) mass is 1010 g/mol. The van der Waals surface area contributed by atoms with Crippen molar-refractivity contribution in [1.82, 2.24) is 26.6 Å². The topological polar surface area (TPSA) is 375 Å². The van der Waals surface area contributed by atoms with Crippen LogP contribution in [0.3, 0.4) is 0 Å². The van der Waals surface area contributed by atoms with Gasteiger partial charge in [-0.3, -0.25) is 33.6 Å². The molecule has 0 aromatic rings. The van der Waals surface area contributed by atoms with Crippen LogP contribution >= 0.6 is 0 Å². The zero-order valence-corrected chi connectivity index (χ0v) is 41.0. The van der Waals surface area contributed by atoms with Crippen LogP contribution in [0, 0.1) is 0 Å². The molecule has 24 nitrogen and oxygen atoms in total. The maximum Gasteiger partial charge on any atom is 0.326 e. The molecule has 24 heteroatoms. The lowest BCUT2D eigenvalue weighted by Gasteiger charge is -2.16. The minimum Gasteiger partial charge on any atom is -0.481 e. The predicted octanol–water partition coefficient (Wildman–Crippen LogP) is 1.78. The van der Waals surface area contributed by atoms with Crippen LogP contribution < -0.4 is 32.3 Å². The Balaban J connectivity index is 0. The van der Waals surface area contributed by atoms with Crippen LogP contribution in [0.25, 0.3) is 0 Å². The van der Waals surface area contributed by atoms with E-state index in [1.165, 1.54) is 83.5 Å². The van der Waals surface area contributed by atoms with Crippen LogP contribution in [-0.2, 0) is 66.9 Å². The van der Waals surface area contributed by atoms with Gasteiger partial charge in [0.15, 0.2) is 0 Å². The molecule has 0 saturated carbocycles. The number of hydrogen-bond acceptors (Lipinski definition) is 14. The second-order valence-electron chi connectivity index (χ2n) is 16.3. The molecule has 0 aromatic carbocycles. The zero-order chi connectivity index (χ0) is 52.6. The number of nitrogens with one attached hydrogen (secondary N) is 5. The molecule has 0 aromatic heterocycles. The molecular weight excluding hydrogens is 925 g/mol. The van der Waals surface area contributed by atoms with Crippen LogP contribution in [0.5, 0.6) is 0 Å². The average molecular weight is 1010 g/mol. The van der Waals surface area contributed by atoms with Gasteiger partial charge in [0.25, 0.3) is 0 Å². The summed E-state index contributed by atoms with van der Waals surface area (Å²) in [6.45, 7) is 2.42. The van der Waals surface area contributed by atoms with Gasteiger partial charge in [0.05, 0.1) is 39.6 Å². The molecule has 0 radical (unpaired) electrons. The fraction of sp³-hybridized carbons (Fsp3) is 0.783. The summed E-state index contributed by atoms with van der Waals surface area (Å²) in [6.07, 6.45) is 19.0. The normalized spacial score (nSPS) is 12.0. The summed E-state index contributed by atoms with van der Waals surface area (Å²) in [4.78, 5) is 113. The molecule has 0 rings (SSSR count). The van der Waals surface area contributed by atoms with Gasteiger partial charge in [-0.05, 0) is 25.7 Å². The molecule has 0 fully saturated rings. The molecule has 2 unspecified atom stereocenters. The van der Waals surface area contributed by atoms with Crippen molar-refractivity contribution in [3.05, 3.63) is 0 Å². The maximum absolute atomic E-state index is 12.0. The summed E-state index contributed by atoms with van der Waals surface area (Å²) in [5.41, 5.74) is 4.97. The first-order valence-corrected chi connectivity index (χ1v) is 24.3. The van der Waals surface area contributed by atoms with E-state index in [1.807, 2.05) is 0 Å². The first kappa shape index (κ1) is 66.6. The lowest BCUT2D eigenvalue weighted by molar-refractivity contribution is -0.144. The van der Waals surface area contributed by atoms with Gasteiger partial charge in [-0.1, -0.05) is 96.8 Å². The van der Waals surface area contributed by atoms with Gasteiger partial charge in [0.2, 0.25) is 35.9 Å². The van der Waals surface area contributed by atoms with Crippen LogP contribution in [0.2, 0.25) is 0 Å². The Labute approximate surface area is 411 Å². The second kappa shape index (κ2) is 47.2. The third-order valence-corrected chi connectivity index (χ3v) is 10.2. The highest BCUT2D eigenvalue weighted by atomic mass is 16.5. The van der Waals surface area contributed by atoms with E-state index in [-0.39, 0.29) is 97.9 Å². The second-order valence-corrected chi connectivity index (χ2v) is 16.3. The highest BCUT2D eigenvalue weighted by Crippen LogP contribution is 2.14. The van der Waals surface area contributed by atoms with E-state index in [0.717, 1.165) is 12.8 Å². The van der Waals surface area contributed by atoms with Crippen molar-refractivity contribution in [2.45, 2.75) is 166 Å². The summed E-state index contributed by atoms with van der Waals surface area (Å²) in [5, 5.41) is 47.4. The predicted molar refractivity (Wildman–Crippen MR) is 253 cm³/mol. The SMILES string of the molecule is CCCCCCCCCCCCCCCCCC(=O)O.NC(=O)CC[C@H](NC(=O)CCC(NC(=O)COCCOCCNC(=O)COCCOCCNC(=O)CCC(NC=O)C(=O)O)C(=O)O)C(=O)O. The van der Waals surface area contributed by atoms with Gasteiger partial charge in [0, 0.05) is 38.8 Å². The number of carboxylic acid groups (broad SMARTS) is 4. The number of aliphatic carboxylic acids is 4. The molecule has 6 amide bonds. The van der Waals surface area contributed by atoms with E-state index in [4.69, 9.17) is 40.0 Å². The highest BCUT2D eigenvalue weighted by molar-refractivity contribution is 5.86. The Hall–Kier alpha value is -5.46. The van der Waals surface area contributed by atoms with Gasteiger partial charge in [0.1, 0.15) is 31.3 Å². The van der Waals surface area contributed by atoms with E-state index >= 15 is 0 Å². The quantitative estimate of drug-likeness (QED) is 0.0307. The molecule has 0 saturated heterocycles. The Kier molecular flexibility index (Phi) is 44.9. The maximum atomic E-state index is 12.0. The van der Waals surface area contributed by atoms with E-state index in [1.54, 1.807) is 0 Å². The molecule has 70 heavy (non-hydrogen) atoms. The third kappa shape index (κ3) is 46.3. The Morgan fingerprint density at radius 3 is 1.29 bits per heavy atom. The fourth-order valence-electron chi connectivity index (χ4n) is 6.30. The molecular formula is C46H82N6O18. The Bertz CT molecular complexity index is 1490. The van der Waals surface area contributed by atoms with Crippen molar-refractivity contribution in [2.24, 2.45) is 5.73 Å². The summed E-state index contributed by atoms with van der Waals surface area (Å²) >= 11 is 0. The van der Waals surface area contributed by atoms with Crippen molar-refractivity contribution in [1.29, 1.82) is 0 Å². The number of rotatable bonds is 48. The number of hydrogen-bond donors (Lipinski definition) is 10. The molecule has 404 valence electrons. The summed E-state index contributed by atoms with van der Waals surface area (Å²) < 4.78 is 20.8. The van der Waals surface area contributed by atoms with Gasteiger partial charge in [-0.15, -0.1) is 0 Å². The molecule has 0 aliphatic carbocycles. The van der Waals surface area contributed by atoms with Gasteiger partial charge in [-0.25, -0.2) is 14.4 Å². The summed E-state index contributed by atoms with van der Waals surface area (Å²) in [7, 11) is 0. The minimum absolute atomic E-state index is 0.0275. The first-order valence-electron chi connectivity index (χ1n) is 24.3. The summed E-state index contributed by atoms with van der Waals surface area (Å²) in [5.74, 6) is -7.83. The molecule has 11 N–H and O–H groups in total. The standard InChI is InChI=1S/C28H46N6O16.C18H36O2/c29-21(36)4-1-19(27(43)44)33-23(38)6-3-20(28(45)46)34-25(40)16-50-14-12-48-10-8-31-24(39)15-49-13-11-47-9-7-30-22(37)5-2-18(26(41)42)32-17-35;1-2-3-4-5-6-7-8-9-10-11-12-13-14-15-16-17-18(19)20/h17-20H,1-16H2,(H2,29,36)(H,30,37)(H,31,39)(H,32,35)(H,33,38)(H,34,40)(H,41,42)(H,43,44)(H,45,46);2-17H2,1H3,(H,19,20)/t18?,19-,20?;/m0./s1. The molecule has 3 atom stereocenters. The number of amides is 6. The summed E-state index contributed by atoms with van der Waals surface area (Å²) in [6, 6.07) is -3.98. The number of primary amides is 1. The van der Waals surface area contributed by atoms with Gasteiger partial charge >= 0.3 is 23.9 Å². The van der Waals surface area contributed by atoms with E-state index in [0.29, 0.717) is 6.42 Å². The molecule has 0 aliphatic heterocycles. The smallest absolute Gasteiger partial charge is 0.326 e. The molecule has 0 aliphatic rings. The number of carbonyl (C=O) groups is 10. The average Bonchev–Trinajstić information content (AvgIpc) is 3.30.